The lowest BCUT2D eigenvalue weighted by Crippen LogP contribution is -2.41. The van der Waals surface area contributed by atoms with Gasteiger partial charge in [-0.25, -0.2) is 8.78 Å². The van der Waals surface area contributed by atoms with E-state index < -0.39 is 24.0 Å². The second kappa shape index (κ2) is 6.63. The maximum absolute atomic E-state index is 14.9. The number of nitrogens with zero attached hydrogens (tertiary/aromatic N) is 2. The van der Waals surface area contributed by atoms with Gasteiger partial charge in [-0.05, 0) is 57.9 Å². The van der Waals surface area contributed by atoms with E-state index in [0.29, 0.717) is 17.7 Å². The molecule has 1 fully saturated rings. The Morgan fingerprint density at radius 1 is 1.19 bits per heavy atom. The Morgan fingerprint density at radius 2 is 1.85 bits per heavy atom. The van der Waals surface area contributed by atoms with Crippen LogP contribution in [0.3, 0.4) is 0 Å². The molecule has 7 heteroatoms. The van der Waals surface area contributed by atoms with Crippen LogP contribution in [-0.2, 0) is 15.9 Å². The van der Waals surface area contributed by atoms with Crippen LogP contribution in [0.1, 0.15) is 45.7 Å². The van der Waals surface area contributed by atoms with Crippen molar-refractivity contribution in [3.8, 4) is 0 Å². The number of allylic oxidation sites excluding steroid dienone is 1. The van der Waals surface area contributed by atoms with Crippen molar-refractivity contribution in [2.75, 3.05) is 0 Å². The summed E-state index contributed by atoms with van der Waals surface area (Å²) in [6, 6.07) is 6.32. The van der Waals surface area contributed by atoms with E-state index in [1.807, 2.05) is 33.8 Å². The maximum Gasteiger partial charge on any atom is 0.525 e. The number of aromatic nitrogens is 2. The van der Waals surface area contributed by atoms with E-state index in [-0.39, 0.29) is 5.82 Å². The normalized spacial score (nSPS) is 19.6. The van der Waals surface area contributed by atoms with Gasteiger partial charge in [0.05, 0.1) is 23.9 Å². The largest absolute Gasteiger partial charge is 0.525 e. The summed E-state index contributed by atoms with van der Waals surface area (Å²) >= 11 is 0. The van der Waals surface area contributed by atoms with Crippen molar-refractivity contribution in [3.05, 3.63) is 59.3 Å². The van der Waals surface area contributed by atoms with Crippen LogP contribution in [0, 0.1) is 5.82 Å². The number of benzene rings is 1. The minimum atomic E-state index is -1.04. The molecule has 0 amide bonds. The van der Waals surface area contributed by atoms with Crippen LogP contribution < -0.4 is 0 Å². The van der Waals surface area contributed by atoms with Crippen LogP contribution >= 0.6 is 0 Å². The lowest BCUT2D eigenvalue weighted by molar-refractivity contribution is 0.00578. The highest BCUT2D eigenvalue weighted by Gasteiger charge is 2.53. The van der Waals surface area contributed by atoms with Gasteiger partial charge in [0.2, 0.25) is 0 Å². The molecule has 0 radical (unpaired) electrons. The van der Waals surface area contributed by atoms with Crippen LogP contribution in [0.2, 0.25) is 0 Å². The Hall–Kier alpha value is -1.99. The molecule has 0 N–H and O–H groups in total. The molecular formula is C19H23BF2N2O2. The molecule has 0 aliphatic carbocycles. The molecule has 0 unspecified atom stereocenters. The molecule has 0 saturated carbocycles. The molecule has 1 aromatic carbocycles. The van der Waals surface area contributed by atoms with Gasteiger partial charge >= 0.3 is 7.12 Å². The smallest absolute Gasteiger partial charge is 0.398 e. The second-order valence-corrected chi connectivity index (χ2v) is 7.62. The highest BCUT2D eigenvalue weighted by molar-refractivity contribution is 6.55. The lowest BCUT2D eigenvalue weighted by atomic mass is 9.84. The van der Waals surface area contributed by atoms with E-state index >= 15 is 0 Å². The van der Waals surface area contributed by atoms with Crippen molar-refractivity contribution < 1.29 is 18.1 Å². The van der Waals surface area contributed by atoms with Crippen molar-refractivity contribution in [1.82, 2.24) is 9.78 Å². The van der Waals surface area contributed by atoms with Gasteiger partial charge in [-0.3, -0.25) is 4.68 Å². The number of halogens is 2. The van der Waals surface area contributed by atoms with Crippen molar-refractivity contribution in [2.45, 2.75) is 52.4 Å². The average Bonchev–Trinajstić information content (AvgIpc) is 3.08. The van der Waals surface area contributed by atoms with E-state index in [2.05, 4.69) is 5.10 Å². The fraction of sp³-hybridized carbons (Fsp3) is 0.421. The van der Waals surface area contributed by atoms with Gasteiger partial charge in [0, 0.05) is 11.8 Å². The first kappa shape index (κ1) is 18.8. The predicted octanol–water partition coefficient (Wildman–Crippen LogP) is 4.40. The fourth-order valence-corrected chi connectivity index (χ4v) is 2.73. The summed E-state index contributed by atoms with van der Waals surface area (Å²) in [6.45, 7) is 9.60. The Morgan fingerprint density at radius 3 is 2.46 bits per heavy atom. The summed E-state index contributed by atoms with van der Waals surface area (Å²) in [5.74, 6) is -0.294. The third kappa shape index (κ3) is 3.59. The number of hydrogen-bond acceptors (Lipinski definition) is 3. The van der Waals surface area contributed by atoms with Gasteiger partial charge in [-0.2, -0.15) is 5.10 Å². The zero-order valence-corrected chi connectivity index (χ0v) is 15.7. The van der Waals surface area contributed by atoms with Gasteiger partial charge in [0.15, 0.2) is 0 Å². The predicted molar refractivity (Wildman–Crippen MR) is 97.5 cm³/mol. The fourth-order valence-electron chi connectivity index (χ4n) is 2.73. The van der Waals surface area contributed by atoms with Crippen LogP contribution in [0.4, 0.5) is 8.78 Å². The second-order valence-electron chi connectivity index (χ2n) is 7.62. The van der Waals surface area contributed by atoms with Crippen LogP contribution in [0.25, 0.3) is 5.57 Å². The minimum Gasteiger partial charge on any atom is -0.398 e. The van der Waals surface area contributed by atoms with Gasteiger partial charge in [-0.1, -0.05) is 12.1 Å². The molecule has 0 spiro atoms. The summed E-state index contributed by atoms with van der Waals surface area (Å²) in [5, 5.41) is 4.24. The third-order valence-corrected chi connectivity index (χ3v) is 5.12. The number of hydrogen-bond donors (Lipinski definition) is 0. The quantitative estimate of drug-likeness (QED) is 0.759. The summed E-state index contributed by atoms with van der Waals surface area (Å²) in [7, 11) is -1.04. The molecule has 2 aromatic rings. The van der Waals surface area contributed by atoms with E-state index in [1.165, 1.54) is 12.1 Å². The summed E-state index contributed by atoms with van der Waals surface area (Å²) < 4.78 is 41.4. The molecule has 0 atom stereocenters. The van der Waals surface area contributed by atoms with Crippen molar-refractivity contribution in [1.29, 1.82) is 0 Å². The molecule has 1 aliphatic heterocycles. The molecule has 1 saturated heterocycles. The zero-order chi connectivity index (χ0) is 19.1. The van der Waals surface area contributed by atoms with E-state index in [0.717, 1.165) is 5.56 Å². The zero-order valence-electron chi connectivity index (χ0n) is 15.7. The molecule has 3 rings (SSSR count). The van der Waals surface area contributed by atoms with Crippen LogP contribution in [0.15, 0.2) is 42.4 Å². The first-order valence-corrected chi connectivity index (χ1v) is 8.58. The molecule has 1 aliphatic rings. The molecule has 2 heterocycles. The Bertz CT molecular complexity index is 830. The van der Waals surface area contributed by atoms with E-state index in [1.54, 1.807) is 30.1 Å². The topological polar surface area (TPSA) is 36.3 Å². The summed E-state index contributed by atoms with van der Waals surface area (Å²) in [6.07, 6.45) is 3.31. The monoisotopic (exact) mass is 360 g/mol. The van der Waals surface area contributed by atoms with Crippen LogP contribution in [0.5, 0.6) is 0 Å². The average molecular weight is 360 g/mol. The first-order chi connectivity index (χ1) is 12.1. The Balaban J connectivity index is 1.79. The standard InChI is InChI=1S/C19H23BF2N2O2/c1-13(17(22)20-25-18(2,3)19(4,5)26-20)15-10-23-24(12-15)11-14-7-6-8-16(21)9-14/h6-10,12H,11H2,1-5H3. The van der Waals surface area contributed by atoms with E-state index in [4.69, 9.17) is 9.31 Å². The van der Waals surface area contributed by atoms with Crippen molar-refractivity contribution in [3.63, 3.8) is 0 Å². The van der Waals surface area contributed by atoms with Gasteiger partial charge < -0.3 is 9.31 Å². The lowest BCUT2D eigenvalue weighted by Gasteiger charge is -2.32. The highest BCUT2D eigenvalue weighted by atomic mass is 19.1. The molecule has 138 valence electrons. The summed E-state index contributed by atoms with van der Waals surface area (Å²) in [4.78, 5) is 0. The van der Waals surface area contributed by atoms with Gasteiger partial charge in [0.25, 0.3) is 0 Å². The number of rotatable bonds is 4. The summed E-state index contributed by atoms with van der Waals surface area (Å²) in [5.41, 5.74) is 0.164. The van der Waals surface area contributed by atoms with Gasteiger partial charge in [-0.15, -0.1) is 0 Å². The minimum absolute atomic E-state index is 0.294. The van der Waals surface area contributed by atoms with Crippen molar-refractivity contribution >= 4 is 12.7 Å². The highest BCUT2D eigenvalue weighted by Crippen LogP contribution is 2.40. The molecular weight excluding hydrogens is 337 g/mol. The maximum atomic E-state index is 14.9. The third-order valence-electron chi connectivity index (χ3n) is 5.12. The van der Waals surface area contributed by atoms with Crippen molar-refractivity contribution in [2.24, 2.45) is 0 Å². The SMILES string of the molecule is CC(=C(F)B1OC(C)(C)C(C)(C)O1)c1cnn(Cc2cccc(F)c2)c1. The molecule has 1 aromatic heterocycles. The van der Waals surface area contributed by atoms with Gasteiger partial charge in [0.1, 0.15) is 11.5 Å². The van der Waals surface area contributed by atoms with Crippen LogP contribution in [-0.4, -0.2) is 28.1 Å². The molecule has 4 nitrogen and oxygen atoms in total. The molecule has 26 heavy (non-hydrogen) atoms. The Labute approximate surface area is 153 Å². The Kier molecular flexibility index (Phi) is 4.79. The van der Waals surface area contributed by atoms with E-state index in [9.17, 15) is 8.78 Å². The molecule has 0 bridgehead atoms. The first-order valence-electron chi connectivity index (χ1n) is 8.58.